The van der Waals surface area contributed by atoms with Crippen LogP contribution in [0.4, 0.5) is 17.6 Å². The van der Waals surface area contributed by atoms with Crippen LogP contribution in [0.25, 0.3) is 11.3 Å². The number of benzene rings is 1. The molecule has 0 spiro atoms. The fraction of sp³-hybridized carbons (Fsp3) is 0.409. The molecule has 1 heterocycles. The number of hydrogen-bond donors (Lipinski definition) is 0. The van der Waals surface area contributed by atoms with Crippen LogP contribution >= 0.6 is 0 Å². The van der Waals surface area contributed by atoms with Gasteiger partial charge in [-0.3, -0.25) is 14.2 Å². The second-order valence-electron chi connectivity index (χ2n) is 7.86. The molecule has 1 saturated carbocycles. The van der Waals surface area contributed by atoms with Crippen molar-refractivity contribution in [2.45, 2.75) is 51.2 Å². The lowest BCUT2D eigenvalue weighted by molar-refractivity contribution is -0.135. The van der Waals surface area contributed by atoms with Gasteiger partial charge < -0.3 is 0 Å². The number of aryl methyl sites for hydroxylation is 1. The fourth-order valence-electron chi connectivity index (χ4n) is 3.38. The van der Waals surface area contributed by atoms with Gasteiger partial charge >= 0.3 is 6.18 Å². The van der Waals surface area contributed by atoms with Crippen molar-refractivity contribution in [2.75, 3.05) is 0 Å². The first-order valence-electron chi connectivity index (χ1n) is 9.86. The highest BCUT2D eigenvalue weighted by molar-refractivity contribution is 5.80. The number of alkyl halides is 3. The lowest BCUT2D eigenvalue weighted by atomic mass is 10.0. The first-order chi connectivity index (χ1) is 15.1. The molecule has 1 aliphatic rings. The monoisotopic (exact) mass is 446 g/mol. The summed E-state index contributed by atoms with van der Waals surface area (Å²) in [7, 11) is 0. The molecule has 0 unspecified atom stereocenters. The Labute approximate surface area is 180 Å². The van der Waals surface area contributed by atoms with Gasteiger partial charge in [-0.2, -0.15) is 23.7 Å². The third-order valence-electron chi connectivity index (χ3n) is 5.28. The number of halogens is 4. The molecule has 32 heavy (non-hydrogen) atoms. The van der Waals surface area contributed by atoms with Gasteiger partial charge in [0.05, 0.1) is 35.4 Å². The Kier molecular flexibility index (Phi) is 6.45. The minimum Gasteiger partial charge on any atom is -0.298 e. The average Bonchev–Trinajstić information content (AvgIpc) is 3.49. The van der Waals surface area contributed by atoms with Gasteiger partial charge in [-0.05, 0) is 37.5 Å². The maximum Gasteiger partial charge on any atom is 0.389 e. The van der Waals surface area contributed by atoms with E-state index in [4.69, 9.17) is 10.5 Å². The average molecular weight is 446 g/mol. The molecule has 1 fully saturated rings. The lowest BCUT2D eigenvalue weighted by Gasteiger charge is -2.15. The molecule has 0 saturated heterocycles. The summed E-state index contributed by atoms with van der Waals surface area (Å²) in [6.45, 7) is -0.424. The van der Waals surface area contributed by atoms with Crippen LogP contribution in [0.1, 0.15) is 43.5 Å². The Bertz CT molecular complexity index is 1180. The summed E-state index contributed by atoms with van der Waals surface area (Å²) < 4.78 is 53.2. The molecular formula is C22H18F4N4O2. The summed E-state index contributed by atoms with van der Waals surface area (Å²) in [5.41, 5.74) is -1.56. The Balaban J connectivity index is 1.94. The third kappa shape index (κ3) is 5.58. The van der Waals surface area contributed by atoms with Gasteiger partial charge in [0.15, 0.2) is 5.78 Å². The van der Waals surface area contributed by atoms with E-state index in [0.717, 1.165) is 16.7 Å². The van der Waals surface area contributed by atoms with Gasteiger partial charge in [0.1, 0.15) is 11.6 Å². The Morgan fingerprint density at radius 3 is 2.50 bits per heavy atom. The summed E-state index contributed by atoms with van der Waals surface area (Å²) in [5.74, 6) is -1.28. The number of ketones is 1. The molecule has 10 heteroatoms. The highest BCUT2D eigenvalue weighted by Gasteiger charge is 2.44. The quantitative estimate of drug-likeness (QED) is 0.569. The highest BCUT2D eigenvalue weighted by atomic mass is 19.4. The van der Waals surface area contributed by atoms with Gasteiger partial charge in [0.2, 0.25) is 0 Å². The number of carbonyl (C=O) groups excluding carboxylic acids is 1. The van der Waals surface area contributed by atoms with Crippen LogP contribution in [0.3, 0.4) is 0 Å². The summed E-state index contributed by atoms with van der Waals surface area (Å²) in [5, 5.41) is 18.0. The summed E-state index contributed by atoms with van der Waals surface area (Å²) >= 11 is 0. The third-order valence-corrected chi connectivity index (χ3v) is 5.28. The molecule has 1 aliphatic carbocycles. The van der Waals surface area contributed by atoms with E-state index < -0.39 is 41.7 Å². The van der Waals surface area contributed by atoms with Crippen molar-refractivity contribution in [1.29, 1.82) is 10.5 Å². The summed E-state index contributed by atoms with van der Waals surface area (Å²) in [4.78, 5) is 29.3. The highest BCUT2D eigenvalue weighted by Crippen LogP contribution is 2.48. The predicted molar refractivity (Wildman–Crippen MR) is 105 cm³/mol. The number of nitriles is 2. The molecule has 1 aromatic carbocycles. The lowest BCUT2D eigenvalue weighted by Crippen LogP contribution is -2.29. The zero-order chi connectivity index (χ0) is 23.5. The van der Waals surface area contributed by atoms with Crippen LogP contribution in [0.2, 0.25) is 0 Å². The van der Waals surface area contributed by atoms with E-state index in [1.54, 1.807) is 6.07 Å². The molecule has 0 amide bonds. The maximum atomic E-state index is 14.4. The topological polar surface area (TPSA) is 99.5 Å². The van der Waals surface area contributed by atoms with Crippen LogP contribution in [-0.2, 0) is 17.8 Å². The SMILES string of the molecule is N#Cc1ccc(-c2cc(=O)n(CC(=O)CC3(C#N)CC3)c(CCCC(F)(F)F)n2)c(F)c1. The first kappa shape index (κ1) is 23.1. The second kappa shape index (κ2) is 8.91. The molecule has 0 N–H and O–H groups in total. The Morgan fingerprint density at radius 1 is 1.22 bits per heavy atom. The zero-order valence-electron chi connectivity index (χ0n) is 16.9. The van der Waals surface area contributed by atoms with Crippen LogP contribution < -0.4 is 5.56 Å². The molecule has 0 atom stereocenters. The predicted octanol–water partition coefficient (Wildman–Crippen LogP) is 4.07. The van der Waals surface area contributed by atoms with Crippen molar-refractivity contribution in [2.24, 2.45) is 5.41 Å². The standard InChI is InChI=1S/C22H18F4N4O2/c23-17-8-14(11-27)3-4-16(17)18-9-20(32)30(12-15(31)10-21(13-28)6-7-21)19(29-18)2-1-5-22(24,25)26/h3-4,8-9H,1-2,5-7,10,12H2. The maximum absolute atomic E-state index is 14.4. The molecule has 3 rings (SSSR count). The molecule has 166 valence electrons. The van der Waals surface area contributed by atoms with E-state index in [-0.39, 0.29) is 41.9 Å². The van der Waals surface area contributed by atoms with E-state index in [1.165, 1.54) is 12.1 Å². The number of aromatic nitrogens is 2. The van der Waals surface area contributed by atoms with Gasteiger partial charge in [0.25, 0.3) is 5.56 Å². The second-order valence-corrected chi connectivity index (χ2v) is 7.86. The fourth-order valence-corrected chi connectivity index (χ4v) is 3.38. The normalized spacial score (nSPS) is 14.4. The van der Waals surface area contributed by atoms with Crippen molar-refractivity contribution in [1.82, 2.24) is 9.55 Å². The van der Waals surface area contributed by atoms with Crippen LogP contribution in [-0.4, -0.2) is 21.5 Å². The van der Waals surface area contributed by atoms with Crippen molar-refractivity contribution >= 4 is 5.78 Å². The number of rotatable bonds is 8. The van der Waals surface area contributed by atoms with Crippen LogP contribution in [0.15, 0.2) is 29.1 Å². The summed E-state index contributed by atoms with van der Waals surface area (Å²) in [6, 6.07) is 8.41. The van der Waals surface area contributed by atoms with E-state index in [9.17, 15) is 27.2 Å². The number of nitrogens with zero attached hydrogens (tertiary/aromatic N) is 4. The zero-order valence-corrected chi connectivity index (χ0v) is 16.9. The first-order valence-corrected chi connectivity index (χ1v) is 9.86. The van der Waals surface area contributed by atoms with Crippen molar-refractivity contribution < 1.29 is 22.4 Å². The van der Waals surface area contributed by atoms with E-state index in [2.05, 4.69) is 11.1 Å². The van der Waals surface area contributed by atoms with Gasteiger partial charge in [0, 0.05) is 30.9 Å². The summed E-state index contributed by atoms with van der Waals surface area (Å²) in [6.07, 6.45) is -5.02. The largest absolute Gasteiger partial charge is 0.389 e. The van der Waals surface area contributed by atoms with Crippen LogP contribution in [0, 0.1) is 33.9 Å². The van der Waals surface area contributed by atoms with Gasteiger partial charge in [-0.25, -0.2) is 9.37 Å². The molecule has 6 nitrogen and oxygen atoms in total. The smallest absolute Gasteiger partial charge is 0.298 e. The molecule has 0 aliphatic heterocycles. The molecule has 0 radical (unpaired) electrons. The molecular weight excluding hydrogens is 428 g/mol. The van der Waals surface area contributed by atoms with Gasteiger partial charge in [-0.1, -0.05) is 0 Å². The Morgan fingerprint density at radius 2 is 1.94 bits per heavy atom. The molecule has 0 bridgehead atoms. The van der Waals surface area contributed by atoms with Gasteiger partial charge in [-0.15, -0.1) is 0 Å². The number of carbonyl (C=O) groups is 1. The van der Waals surface area contributed by atoms with E-state index in [0.29, 0.717) is 12.8 Å². The number of Topliss-reactive ketones (excluding diaryl/α,β-unsaturated/α-hetero) is 1. The number of hydrogen-bond acceptors (Lipinski definition) is 5. The van der Waals surface area contributed by atoms with Crippen molar-refractivity contribution in [3.05, 3.63) is 51.8 Å². The van der Waals surface area contributed by atoms with Crippen molar-refractivity contribution in [3.63, 3.8) is 0 Å². The molecule has 1 aromatic heterocycles. The van der Waals surface area contributed by atoms with E-state index >= 15 is 0 Å². The van der Waals surface area contributed by atoms with Crippen molar-refractivity contribution in [3.8, 4) is 23.4 Å². The minimum absolute atomic E-state index is 0.0517. The van der Waals surface area contributed by atoms with E-state index in [1.807, 2.05) is 0 Å². The minimum atomic E-state index is -4.40. The molecule has 2 aromatic rings. The van der Waals surface area contributed by atoms with Crippen LogP contribution in [0.5, 0.6) is 0 Å². The Hall–Kier alpha value is -3.53.